The van der Waals surface area contributed by atoms with Gasteiger partial charge in [0.25, 0.3) is 11.8 Å². The molecule has 1 aliphatic heterocycles. The van der Waals surface area contributed by atoms with Gasteiger partial charge in [0, 0.05) is 105 Å². The minimum absolute atomic E-state index is 0.0266. The standard InChI is InChI=1S/C41H43N9O3S2/c1-27(40-46-36(26-55-40)31-21-37(47(3)23-31)39(51)42-12-11-32-24-50-13-5-4-6-38(50)45-32)29-7-9-33(10-8-29)53-19-18-48-14-16-49(17-15-48)41(52)34-20-30(22-43-34)35-25-54-28(2)44-35/h4-10,13,20-27,43H,11-12,14-19H2,1-3H3,(H,42,51). The Morgan fingerprint density at radius 3 is 2.53 bits per heavy atom. The van der Waals surface area contributed by atoms with Crippen molar-refractivity contribution >= 4 is 40.1 Å². The number of carbonyl (C=O) groups excluding carboxylic acids is 2. The molecule has 12 nitrogen and oxygen atoms in total. The highest BCUT2D eigenvalue weighted by atomic mass is 32.1. The van der Waals surface area contributed by atoms with Gasteiger partial charge in [0.05, 0.1) is 22.1 Å². The summed E-state index contributed by atoms with van der Waals surface area (Å²) in [5.41, 5.74) is 7.79. The number of H-pyrrole nitrogens is 1. The van der Waals surface area contributed by atoms with Gasteiger partial charge in [0.15, 0.2) is 0 Å². The van der Waals surface area contributed by atoms with Crippen LogP contribution in [0.1, 0.15) is 55.1 Å². The van der Waals surface area contributed by atoms with E-state index in [1.807, 2.05) is 100 Å². The molecule has 1 aromatic carbocycles. The van der Waals surface area contributed by atoms with Gasteiger partial charge in [0.2, 0.25) is 0 Å². The summed E-state index contributed by atoms with van der Waals surface area (Å²) in [6.07, 6.45) is 8.43. The summed E-state index contributed by atoms with van der Waals surface area (Å²) < 4.78 is 9.94. The van der Waals surface area contributed by atoms with E-state index in [-0.39, 0.29) is 17.7 Å². The van der Waals surface area contributed by atoms with Crippen LogP contribution in [0.3, 0.4) is 0 Å². The molecule has 8 rings (SSSR count). The Morgan fingerprint density at radius 2 is 1.75 bits per heavy atom. The Hall–Kier alpha value is -5.57. The molecule has 2 amide bonds. The Balaban J connectivity index is 0.780. The molecule has 7 aromatic rings. The maximum absolute atomic E-state index is 13.1. The molecule has 1 unspecified atom stereocenters. The second-order valence-corrected chi connectivity index (χ2v) is 15.8. The predicted octanol–water partition coefficient (Wildman–Crippen LogP) is 6.52. The highest BCUT2D eigenvalue weighted by molar-refractivity contribution is 7.10. The molecule has 55 heavy (non-hydrogen) atoms. The lowest BCUT2D eigenvalue weighted by Crippen LogP contribution is -2.49. The summed E-state index contributed by atoms with van der Waals surface area (Å²) in [6.45, 7) is 8.99. The fraction of sp³-hybridized carbons (Fsp3) is 0.293. The third-order valence-electron chi connectivity index (χ3n) is 10.1. The number of carbonyl (C=O) groups is 2. The molecule has 0 saturated carbocycles. The molecule has 282 valence electrons. The van der Waals surface area contributed by atoms with Crippen LogP contribution in [0.5, 0.6) is 5.75 Å². The van der Waals surface area contributed by atoms with Crippen LogP contribution in [0, 0.1) is 6.92 Å². The fourth-order valence-electron chi connectivity index (χ4n) is 6.85. The number of fused-ring (bicyclic) bond motifs is 1. The number of imidazole rings is 1. The van der Waals surface area contributed by atoms with E-state index in [4.69, 9.17) is 9.72 Å². The number of aryl methyl sites for hydroxylation is 2. The van der Waals surface area contributed by atoms with Gasteiger partial charge in [-0.1, -0.05) is 25.1 Å². The van der Waals surface area contributed by atoms with Gasteiger partial charge in [-0.05, 0) is 48.9 Å². The van der Waals surface area contributed by atoms with Crippen molar-refractivity contribution in [1.29, 1.82) is 0 Å². The summed E-state index contributed by atoms with van der Waals surface area (Å²) in [5.74, 6) is 0.838. The van der Waals surface area contributed by atoms with E-state index >= 15 is 0 Å². The molecule has 1 fully saturated rings. The van der Waals surface area contributed by atoms with Gasteiger partial charge in [0.1, 0.15) is 34.4 Å². The summed E-state index contributed by atoms with van der Waals surface area (Å²) in [5, 5.41) is 9.12. The predicted molar refractivity (Wildman–Crippen MR) is 216 cm³/mol. The molecule has 0 aliphatic carbocycles. The largest absolute Gasteiger partial charge is 0.492 e. The van der Waals surface area contributed by atoms with Crippen molar-refractivity contribution < 1.29 is 14.3 Å². The smallest absolute Gasteiger partial charge is 0.270 e. The van der Waals surface area contributed by atoms with E-state index in [2.05, 4.69) is 49.6 Å². The van der Waals surface area contributed by atoms with Crippen molar-refractivity contribution in [1.82, 2.24) is 44.0 Å². The lowest BCUT2D eigenvalue weighted by atomic mass is 10.0. The van der Waals surface area contributed by atoms with Gasteiger partial charge < -0.3 is 28.9 Å². The molecule has 0 bridgehead atoms. The van der Waals surface area contributed by atoms with E-state index < -0.39 is 0 Å². The zero-order valence-electron chi connectivity index (χ0n) is 31.1. The molecule has 1 atom stereocenters. The normalized spacial score (nSPS) is 14.1. The molecular weight excluding hydrogens is 731 g/mol. The summed E-state index contributed by atoms with van der Waals surface area (Å²) in [7, 11) is 1.88. The topological polar surface area (TPSA) is 126 Å². The summed E-state index contributed by atoms with van der Waals surface area (Å²) in [6, 6.07) is 17.9. The Morgan fingerprint density at radius 1 is 0.945 bits per heavy atom. The molecule has 1 saturated heterocycles. The monoisotopic (exact) mass is 773 g/mol. The van der Waals surface area contributed by atoms with Crippen LogP contribution in [-0.2, 0) is 13.5 Å². The zero-order valence-corrected chi connectivity index (χ0v) is 32.7. The van der Waals surface area contributed by atoms with Crippen LogP contribution in [0.25, 0.3) is 28.2 Å². The quantitative estimate of drug-likeness (QED) is 0.137. The van der Waals surface area contributed by atoms with E-state index in [1.54, 1.807) is 22.7 Å². The van der Waals surface area contributed by atoms with Gasteiger partial charge in [-0.15, -0.1) is 22.7 Å². The van der Waals surface area contributed by atoms with E-state index in [9.17, 15) is 9.59 Å². The van der Waals surface area contributed by atoms with Crippen LogP contribution >= 0.6 is 22.7 Å². The van der Waals surface area contributed by atoms with Crippen molar-refractivity contribution in [2.75, 3.05) is 45.9 Å². The number of hydrogen-bond acceptors (Lipinski definition) is 9. The Kier molecular flexibility index (Phi) is 10.6. The first-order valence-corrected chi connectivity index (χ1v) is 20.2. The van der Waals surface area contributed by atoms with Gasteiger partial charge in [-0.2, -0.15) is 0 Å². The maximum Gasteiger partial charge on any atom is 0.270 e. The number of piperazine rings is 1. The fourth-order valence-corrected chi connectivity index (χ4v) is 8.38. The second kappa shape index (κ2) is 16.0. The third-order valence-corrected chi connectivity index (χ3v) is 11.9. The van der Waals surface area contributed by atoms with Crippen LogP contribution in [0.15, 0.2) is 90.1 Å². The molecule has 7 heterocycles. The number of thiazole rings is 2. The number of hydrogen-bond donors (Lipinski definition) is 2. The first-order chi connectivity index (χ1) is 26.8. The molecule has 2 N–H and O–H groups in total. The second-order valence-electron chi connectivity index (χ2n) is 13.8. The SMILES string of the molecule is Cc1nc(-c2c[nH]c(C(=O)N3CCN(CCOc4ccc(C(C)c5nc(-c6cc(C(=O)NCCc7cn8ccccc8n7)n(C)c6)cs5)cc4)CC3)c2)cs1. The third kappa shape index (κ3) is 8.26. The minimum atomic E-state index is -0.122. The first kappa shape index (κ1) is 36.4. The number of rotatable bonds is 13. The number of aromatic nitrogens is 6. The van der Waals surface area contributed by atoms with Crippen LogP contribution in [0.2, 0.25) is 0 Å². The Labute approximate surface area is 327 Å². The molecule has 1 aliphatic rings. The maximum atomic E-state index is 13.1. The van der Waals surface area contributed by atoms with Crippen LogP contribution in [-0.4, -0.2) is 96.4 Å². The number of benzene rings is 1. The summed E-state index contributed by atoms with van der Waals surface area (Å²) in [4.78, 5) is 47.7. The number of amides is 2. The van der Waals surface area contributed by atoms with Crippen molar-refractivity contribution in [3.8, 4) is 28.3 Å². The molecule has 6 aromatic heterocycles. The number of aromatic amines is 1. The molecule has 14 heteroatoms. The van der Waals surface area contributed by atoms with E-state index in [0.29, 0.717) is 44.0 Å². The first-order valence-electron chi connectivity index (χ1n) is 18.5. The number of pyridine rings is 1. The van der Waals surface area contributed by atoms with Gasteiger partial charge in [-0.25, -0.2) is 15.0 Å². The van der Waals surface area contributed by atoms with Crippen LogP contribution < -0.4 is 10.1 Å². The van der Waals surface area contributed by atoms with Crippen LogP contribution in [0.4, 0.5) is 0 Å². The molecule has 0 radical (unpaired) electrons. The van der Waals surface area contributed by atoms with E-state index in [0.717, 1.165) is 74.8 Å². The van der Waals surface area contributed by atoms with Crippen molar-refractivity contribution in [3.63, 3.8) is 0 Å². The lowest BCUT2D eigenvalue weighted by molar-refractivity contribution is 0.0615. The van der Waals surface area contributed by atoms with Crippen molar-refractivity contribution in [3.05, 3.63) is 123 Å². The average molecular weight is 774 g/mol. The lowest BCUT2D eigenvalue weighted by Gasteiger charge is -2.34. The van der Waals surface area contributed by atoms with Crippen molar-refractivity contribution in [2.24, 2.45) is 7.05 Å². The zero-order chi connectivity index (χ0) is 37.9. The Bertz CT molecular complexity index is 2380. The van der Waals surface area contributed by atoms with E-state index in [1.165, 1.54) is 0 Å². The van der Waals surface area contributed by atoms with Gasteiger partial charge >= 0.3 is 0 Å². The highest BCUT2D eigenvalue weighted by Gasteiger charge is 2.24. The number of ether oxygens (including phenoxy) is 1. The minimum Gasteiger partial charge on any atom is -0.492 e. The van der Waals surface area contributed by atoms with Crippen molar-refractivity contribution in [2.45, 2.75) is 26.2 Å². The molecule has 0 spiro atoms. The number of nitrogens with one attached hydrogen (secondary N) is 2. The molecular formula is C41H43N9O3S2. The number of nitrogens with zero attached hydrogens (tertiary/aromatic N) is 7. The van der Waals surface area contributed by atoms with Gasteiger partial charge in [-0.3, -0.25) is 14.5 Å². The summed E-state index contributed by atoms with van der Waals surface area (Å²) >= 11 is 3.23. The highest BCUT2D eigenvalue weighted by Crippen LogP contribution is 2.32. The average Bonchev–Trinajstić information content (AvgIpc) is 4.05.